The zero-order chi connectivity index (χ0) is 39.2. The average molecular weight is 776 g/mol. The molecule has 0 amide bonds. The summed E-state index contributed by atoms with van der Waals surface area (Å²) in [4.78, 5) is 27.3. The van der Waals surface area contributed by atoms with Crippen LogP contribution >= 0.6 is 0 Å². The molecule has 0 aliphatic rings. The molecule has 4 aromatic carbocycles. The molecule has 0 aromatic heterocycles. The van der Waals surface area contributed by atoms with Crippen LogP contribution in [0.25, 0.3) is 32.3 Å². The Morgan fingerprint density at radius 1 is 0.623 bits per heavy atom. The van der Waals surface area contributed by atoms with Gasteiger partial charge in [0.25, 0.3) is 0 Å². The van der Waals surface area contributed by atoms with E-state index in [9.17, 15) is 26.4 Å². The molecular formula is C37H53N5O9S2. The number of carbonyl (C=O) groups is 2. The number of carboxylic acids is 2. The molecule has 4 rings (SSSR count). The molecule has 0 saturated carbocycles. The Morgan fingerprint density at radius 2 is 1.06 bits per heavy atom. The van der Waals surface area contributed by atoms with Crippen molar-refractivity contribution in [1.29, 1.82) is 0 Å². The van der Waals surface area contributed by atoms with E-state index in [1.807, 2.05) is 53.9 Å². The second kappa shape index (κ2) is 17.6. The third-order valence-electron chi connectivity index (χ3n) is 9.52. The van der Waals surface area contributed by atoms with Crippen LogP contribution in [0.3, 0.4) is 0 Å². The van der Waals surface area contributed by atoms with Gasteiger partial charge in [0.05, 0.1) is 29.2 Å². The van der Waals surface area contributed by atoms with Crippen molar-refractivity contribution in [2.24, 2.45) is 0 Å². The molecule has 0 fully saturated rings. The minimum absolute atomic E-state index is 0.0266. The molecule has 292 valence electrons. The predicted molar refractivity (Wildman–Crippen MR) is 209 cm³/mol. The zero-order valence-corrected chi connectivity index (χ0v) is 33.4. The summed E-state index contributed by atoms with van der Waals surface area (Å²) in [5.74, 6) is -1.21. The Hall–Kier alpha value is -3.80. The van der Waals surface area contributed by atoms with Crippen LogP contribution in [-0.2, 0) is 29.6 Å². The molecule has 0 aliphatic heterocycles. The summed E-state index contributed by atoms with van der Waals surface area (Å²) >= 11 is 0. The van der Waals surface area contributed by atoms with Gasteiger partial charge in [-0.05, 0) is 58.6 Å². The summed E-state index contributed by atoms with van der Waals surface area (Å²) in [5.41, 5.74) is 0.837. The molecule has 0 radical (unpaired) electrons. The fourth-order valence-electron chi connectivity index (χ4n) is 6.51. The molecule has 16 heteroatoms. The highest BCUT2D eigenvalue weighted by Crippen LogP contribution is 2.46. The fraction of sp³-hybridized carbons (Fsp3) is 0.514. The van der Waals surface area contributed by atoms with Gasteiger partial charge in [-0.2, -0.15) is 0 Å². The van der Waals surface area contributed by atoms with Crippen LogP contribution in [0.4, 0.5) is 5.69 Å². The SMILES string of the molecule is CCCOc1cc(N(C)C)c2ccc3c(S(=O)(=O)N(C)CCCN(C)CCC(=O)O)cc(S(=O)(=O)N(C)CCCN(C)CCC(=O)O)c4ccc1c2c43. The van der Waals surface area contributed by atoms with E-state index < -0.39 is 32.0 Å². The predicted octanol–water partition coefficient (Wildman–Crippen LogP) is 4.27. The van der Waals surface area contributed by atoms with Crippen LogP contribution in [0, 0.1) is 0 Å². The van der Waals surface area contributed by atoms with Gasteiger partial charge >= 0.3 is 11.9 Å². The molecule has 0 atom stereocenters. The number of rotatable bonds is 22. The molecule has 0 spiro atoms. The average Bonchev–Trinajstić information content (AvgIpc) is 3.10. The number of carboxylic acid groups (broad SMARTS) is 2. The van der Waals surface area contributed by atoms with Crippen molar-refractivity contribution in [2.45, 2.75) is 48.8 Å². The lowest BCUT2D eigenvalue weighted by Crippen LogP contribution is -2.32. The minimum atomic E-state index is -4.25. The van der Waals surface area contributed by atoms with E-state index in [2.05, 4.69) is 0 Å². The maximum Gasteiger partial charge on any atom is 0.304 e. The largest absolute Gasteiger partial charge is 0.493 e. The summed E-state index contributed by atoms with van der Waals surface area (Å²) < 4.78 is 66.7. The van der Waals surface area contributed by atoms with Gasteiger partial charge in [-0.1, -0.05) is 25.1 Å². The molecule has 0 saturated heterocycles. The molecule has 0 aliphatic carbocycles. The maximum atomic E-state index is 14.5. The monoisotopic (exact) mass is 775 g/mol. The standard InChI is InChI=1S/C37H53N5O9S2/c1-8-23-51-31-24-30(38(2)3)26-11-13-28-32(52(47,48)41(6)19-9-17-39(4)21-15-34(43)44)25-33(29-14-12-27(31)36(26)37(28)29)53(49,50)42(7)20-10-18-40(5)22-16-35(45)46/h11-14,24-25H,8-10,15-23H2,1-7H3,(H,43,44)(H,45,46). The Bertz CT molecular complexity index is 2060. The Morgan fingerprint density at radius 3 is 1.49 bits per heavy atom. The molecule has 0 unspecified atom stereocenters. The van der Waals surface area contributed by atoms with Crippen molar-refractivity contribution >= 4 is 70.0 Å². The first-order valence-corrected chi connectivity index (χ1v) is 20.6. The van der Waals surface area contributed by atoms with Crippen LogP contribution in [0.5, 0.6) is 5.75 Å². The third kappa shape index (κ3) is 9.48. The van der Waals surface area contributed by atoms with E-state index >= 15 is 0 Å². The van der Waals surface area contributed by atoms with E-state index in [1.54, 1.807) is 26.2 Å². The first-order chi connectivity index (χ1) is 24.9. The second-order valence-corrected chi connectivity index (χ2v) is 17.9. The molecule has 0 heterocycles. The van der Waals surface area contributed by atoms with Crippen molar-refractivity contribution in [2.75, 3.05) is 93.1 Å². The van der Waals surface area contributed by atoms with Crippen molar-refractivity contribution in [3.05, 3.63) is 36.4 Å². The Labute approximate surface area is 312 Å². The summed E-state index contributed by atoms with van der Waals surface area (Å²) in [6.45, 7) is 4.30. The molecule has 14 nitrogen and oxygen atoms in total. The van der Waals surface area contributed by atoms with E-state index in [-0.39, 0.29) is 35.7 Å². The minimum Gasteiger partial charge on any atom is -0.493 e. The number of nitrogens with zero attached hydrogens (tertiary/aromatic N) is 5. The van der Waals surface area contributed by atoms with Gasteiger partial charge in [-0.25, -0.2) is 25.4 Å². The lowest BCUT2D eigenvalue weighted by molar-refractivity contribution is -0.138. The summed E-state index contributed by atoms with van der Waals surface area (Å²) in [5, 5.41) is 21.6. The van der Waals surface area contributed by atoms with Crippen LogP contribution < -0.4 is 9.64 Å². The number of ether oxygens (including phenoxy) is 1. The van der Waals surface area contributed by atoms with E-state index in [1.165, 1.54) is 28.8 Å². The van der Waals surface area contributed by atoms with Gasteiger partial charge in [0.2, 0.25) is 20.0 Å². The highest BCUT2D eigenvalue weighted by atomic mass is 32.2. The molecule has 53 heavy (non-hydrogen) atoms. The molecule has 4 aromatic rings. The number of benzene rings is 4. The van der Waals surface area contributed by atoms with Gasteiger partial charge in [-0.3, -0.25) is 9.59 Å². The van der Waals surface area contributed by atoms with E-state index in [0.717, 1.165) is 22.9 Å². The normalized spacial score (nSPS) is 12.7. The van der Waals surface area contributed by atoms with Gasteiger partial charge in [0.15, 0.2) is 0 Å². The molecular weight excluding hydrogens is 723 g/mol. The number of hydrogen-bond donors (Lipinski definition) is 2. The number of aliphatic carboxylic acids is 2. The zero-order valence-electron chi connectivity index (χ0n) is 31.8. The van der Waals surface area contributed by atoms with E-state index in [4.69, 9.17) is 14.9 Å². The van der Waals surface area contributed by atoms with Crippen molar-refractivity contribution in [1.82, 2.24) is 18.4 Å². The number of hydrogen-bond acceptors (Lipinski definition) is 10. The van der Waals surface area contributed by atoms with Crippen LogP contribution in [0.1, 0.15) is 39.0 Å². The topological polar surface area (TPSA) is 168 Å². The van der Waals surface area contributed by atoms with Crippen molar-refractivity contribution < 1.29 is 41.4 Å². The van der Waals surface area contributed by atoms with Gasteiger partial charge in [0, 0.05) is 98.4 Å². The lowest BCUT2D eigenvalue weighted by atomic mass is 9.92. The van der Waals surface area contributed by atoms with Gasteiger partial charge in [0.1, 0.15) is 5.75 Å². The summed E-state index contributed by atoms with van der Waals surface area (Å²) in [7, 11) is 1.81. The highest BCUT2D eigenvalue weighted by Gasteiger charge is 2.32. The number of anilines is 1. The fourth-order valence-corrected chi connectivity index (χ4v) is 9.42. The first-order valence-electron chi connectivity index (χ1n) is 17.7. The van der Waals surface area contributed by atoms with Gasteiger partial charge in [-0.15, -0.1) is 0 Å². The van der Waals surface area contributed by atoms with Crippen molar-refractivity contribution in [3.63, 3.8) is 0 Å². The lowest BCUT2D eigenvalue weighted by Gasteiger charge is -2.26. The van der Waals surface area contributed by atoms with Gasteiger partial charge < -0.3 is 29.6 Å². The molecule has 0 bridgehead atoms. The summed E-state index contributed by atoms with van der Waals surface area (Å²) in [6, 6.07) is 10.4. The van der Waals surface area contributed by atoms with Crippen LogP contribution in [-0.4, -0.2) is 146 Å². The third-order valence-corrected chi connectivity index (χ3v) is 13.3. The van der Waals surface area contributed by atoms with Crippen LogP contribution in [0.2, 0.25) is 0 Å². The quantitative estimate of drug-likeness (QED) is 0.109. The highest BCUT2D eigenvalue weighted by molar-refractivity contribution is 7.90. The Balaban J connectivity index is 1.88. The first kappa shape index (κ1) is 41.9. The number of sulfonamides is 2. The summed E-state index contributed by atoms with van der Waals surface area (Å²) in [6.07, 6.45) is 1.57. The Kier molecular flexibility index (Phi) is 13.9. The van der Waals surface area contributed by atoms with Crippen LogP contribution in [0.15, 0.2) is 46.2 Å². The van der Waals surface area contributed by atoms with E-state index in [0.29, 0.717) is 72.9 Å². The maximum absolute atomic E-state index is 14.5. The van der Waals surface area contributed by atoms with Crippen molar-refractivity contribution in [3.8, 4) is 5.75 Å². The second-order valence-electron chi connectivity index (χ2n) is 13.8. The smallest absolute Gasteiger partial charge is 0.304 e. The molecule has 2 N–H and O–H groups in total.